The Morgan fingerprint density at radius 1 is 1.00 bits per heavy atom. The zero-order valence-corrected chi connectivity index (χ0v) is 25.4. The van der Waals surface area contributed by atoms with Gasteiger partial charge in [-0.15, -0.1) is 24.8 Å². The fourth-order valence-electron chi connectivity index (χ4n) is 6.93. The van der Waals surface area contributed by atoms with Gasteiger partial charge < -0.3 is 20.9 Å². The minimum atomic E-state index is -3.02. The third-order valence-electron chi connectivity index (χ3n) is 9.29. The van der Waals surface area contributed by atoms with E-state index in [0.717, 1.165) is 51.5 Å². The summed E-state index contributed by atoms with van der Waals surface area (Å²) in [6.07, 6.45) is 6.25. The van der Waals surface area contributed by atoms with Crippen molar-refractivity contribution in [1.29, 1.82) is 0 Å². The molecule has 0 unspecified atom stereocenters. The third-order valence-corrected chi connectivity index (χ3v) is 9.29. The summed E-state index contributed by atoms with van der Waals surface area (Å²) in [7, 11) is 1.70. The molecule has 4 aliphatic rings. The van der Waals surface area contributed by atoms with E-state index in [1.807, 2.05) is 0 Å². The van der Waals surface area contributed by atoms with Crippen LogP contribution in [-0.2, 0) is 20.3 Å². The summed E-state index contributed by atoms with van der Waals surface area (Å²) < 4.78 is 29.4. The van der Waals surface area contributed by atoms with Crippen molar-refractivity contribution in [2.75, 3.05) is 26.7 Å². The molecule has 1 saturated carbocycles. The molecule has 2 aliphatic heterocycles. The van der Waals surface area contributed by atoms with Gasteiger partial charge in [-0.05, 0) is 57.7 Å². The van der Waals surface area contributed by atoms with Gasteiger partial charge in [-0.2, -0.15) is 0 Å². The first kappa shape index (κ1) is 33.5. The summed E-state index contributed by atoms with van der Waals surface area (Å²) in [6.45, 7) is 3.37. The highest BCUT2D eigenvalue weighted by molar-refractivity contribution is 5.93. The van der Waals surface area contributed by atoms with Crippen molar-refractivity contribution in [1.82, 2.24) is 25.8 Å². The van der Waals surface area contributed by atoms with Gasteiger partial charge in [0.05, 0.1) is 12.1 Å². The lowest BCUT2D eigenvalue weighted by Crippen LogP contribution is -2.66. The number of fused-ring (bicyclic) bond motifs is 2. The fourth-order valence-corrected chi connectivity index (χ4v) is 6.93. The number of likely N-dealkylation sites (N-methyl/N-ethyl adjacent to an activating group) is 1. The van der Waals surface area contributed by atoms with Crippen molar-refractivity contribution >= 4 is 42.5 Å². The average Bonchev–Trinajstić information content (AvgIpc) is 3.51. The van der Waals surface area contributed by atoms with Crippen LogP contribution >= 0.6 is 24.8 Å². The number of hydrogen-bond acceptors (Lipinski definition) is 5. The maximum atomic E-state index is 14.7. The Kier molecular flexibility index (Phi) is 11.4. The lowest BCUT2D eigenvalue weighted by molar-refractivity contribution is -0.149. The van der Waals surface area contributed by atoms with E-state index in [1.165, 1.54) is 6.07 Å². The molecule has 0 bridgehead atoms. The summed E-state index contributed by atoms with van der Waals surface area (Å²) >= 11 is 0. The van der Waals surface area contributed by atoms with Gasteiger partial charge in [-0.1, -0.05) is 43.5 Å². The zero-order valence-electron chi connectivity index (χ0n) is 23.7. The van der Waals surface area contributed by atoms with Gasteiger partial charge >= 0.3 is 0 Å². The van der Waals surface area contributed by atoms with E-state index in [1.54, 1.807) is 37.1 Å². The van der Waals surface area contributed by atoms with Gasteiger partial charge in [0.2, 0.25) is 17.7 Å². The Balaban J connectivity index is 0.00000231. The molecule has 2 heterocycles. The van der Waals surface area contributed by atoms with Crippen LogP contribution in [0.5, 0.6) is 0 Å². The number of carbonyl (C=O) groups is 3. The lowest BCUT2D eigenvalue weighted by Gasteiger charge is -2.45. The van der Waals surface area contributed by atoms with Crippen LogP contribution in [-0.4, -0.2) is 78.4 Å². The maximum absolute atomic E-state index is 14.7. The van der Waals surface area contributed by atoms with Gasteiger partial charge in [-0.25, -0.2) is 8.78 Å². The predicted octanol–water partition coefficient (Wildman–Crippen LogP) is 3.53. The van der Waals surface area contributed by atoms with Crippen LogP contribution in [0, 0.1) is 5.92 Å². The molecule has 2 aliphatic carbocycles. The van der Waals surface area contributed by atoms with Crippen molar-refractivity contribution in [3.05, 3.63) is 35.4 Å². The summed E-state index contributed by atoms with van der Waals surface area (Å²) in [6, 6.07) is 3.70. The third kappa shape index (κ3) is 6.98. The second-order valence-corrected chi connectivity index (χ2v) is 11.7. The molecule has 1 aromatic carbocycles. The van der Waals surface area contributed by atoms with E-state index < -0.39 is 42.4 Å². The predicted molar refractivity (Wildman–Crippen MR) is 157 cm³/mol. The molecular formula is C29H43Cl2F2N5O3. The summed E-state index contributed by atoms with van der Waals surface area (Å²) in [5.41, 5.74) is 0.377. The second-order valence-electron chi connectivity index (χ2n) is 11.7. The molecule has 3 N–H and O–H groups in total. The fraction of sp³-hybridized carbons (Fsp3) is 0.690. The molecule has 41 heavy (non-hydrogen) atoms. The summed E-state index contributed by atoms with van der Waals surface area (Å²) in [5.74, 6) is -3.90. The normalized spacial score (nSPS) is 26.9. The summed E-state index contributed by atoms with van der Waals surface area (Å²) in [4.78, 5) is 44.8. The van der Waals surface area contributed by atoms with Crippen LogP contribution in [0.15, 0.2) is 24.3 Å². The number of hydrogen-bond donors (Lipinski definition) is 3. The quantitative estimate of drug-likeness (QED) is 0.435. The van der Waals surface area contributed by atoms with Crippen molar-refractivity contribution in [2.45, 2.75) is 94.4 Å². The highest BCUT2D eigenvalue weighted by atomic mass is 35.5. The maximum Gasteiger partial charge on any atom is 0.275 e. The number of benzene rings is 1. The molecular weight excluding hydrogens is 575 g/mol. The van der Waals surface area contributed by atoms with E-state index in [0.29, 0.717) is 18.7 Å². The molecule has 12 heteroatoms. The Bertz CT molecular complexity index is 1090. The van der Waals surface area contributed by atoms with Crippen molar-refractivity contribution in [3.8, 4) is 0 Å². The van der Waals surface area contributed by atoms with E-state index >= 15 is 0 Å². The van der Waals surface area contributed by atoms with E-state index in [-0.39, 0.29) is 54.2 Å². The van der Waals surface area contributed by atoms with E-state index in [4.69, 9.17) is 0 Å². The molecule has 0 aromatic heterocycles. The number of carbonyl (C=O) groups excluding carboxylic acids is 3. The highest BCUT2D eigenvalue weighted by Crippen LogP contribution is 2.47. The van der Waals surface area contributed by atoms with Gasteiger partial charge in [0.25, 0.3) is 5.92 Å². The number of halogens is 4. The van der Waals surface area contributed by atoms with Crippen LogP contribution in [0.1, 0.15) is 75.5 Å². The van der Waals surface area contributed by atoms with Gasteiger partial charge in [0, 0.05) is 31.1 Å². The molecule has 3 fully saturated rings. The molecule has 3 amide bonds. The number of nitrogens with one attached hydrogen (secondary N) is 3. The largest absolute Gasteiger partial charge is 0.347 e. The SMILES string of the molecule is CN[C@@H](C)C(=O)N[C@H](C(=O)N1C[C@H]2CCCN2C[C@H]1C(=O)N[C@@H]1CC(F)(F)c2ccccc21)C1CCCCC1.Cl.Cl. The number of nitrogens with zero attached hydrogens (tertiary/aromatic N) is 2. The minimum absolute atomic E-state index is 0. The number of piperazine rings is 1. The average molecular weight is 619 g/mol. The standard InChI is InChI=1S/C29H41F2N5O3.2ClH/c1-18(32-2)26(37)34-25(19-9-4-3-5-10-19)28(39)36-16-20-11-8-14-35(20)17-24(36)27(38)33-23-15-29(30,31)22-13-7-6-12-21(22)23;;/h6-7,12-13,18-20,23-25,32H,3-5,8-11,14-17H2,1-2H3,(H,33,38)(H,34,37);2*1H/t18-,20+,23+,24-,25-;;/m0../s1. The number of rotatable bonds is 7. The number of amides is 3. The molecule has 2 saturated heterocycles. The minimum Gasteiger partial charge on any atom is -0.347 e. The zero-order chi connectivity index (χ0) is 27.7. The van der Waals surface area contributed by atoms with E-state index in [9.17, 15) is 23.2 Å². The lowest BCUT2D eigenvalue weighted by atomic mass is 9.82. The number of alkyl halides is 2. The van der Waals surface area contributed by atoms with Crippen LogP contribution in [0.4, 0.5) is 8.78 Å². The second kappa shape index (κ2) is 14.0. The highest BCUT2D eigenvalue weighted by Gasteiger charge is 2.48. The Morgan fingerprint density at radius 2 is 1.71 bits per heavy atom. The Hall–Kier alpha value is -2.01. The Morgan fingerprint density at radius 3 is 2.41 bits per heavy atom. The molecule has 5 rings (SSSR count). The van der Waals surface area contributed by atoms with Crippen LogP contribution < -0.4 is 16.0 Å². The monoisotopic (exact) mass is 617 g/mol. The first-order valence-corrected chi connectivity index (χ1v) is 14.5. The van der Waals surface area contributed by atoms with E-state index in [2.05, 4.69) is 20.9 Å². The van der Waals surface area contributed by atoms with Crippen molar-refractivity contribution < 1.29 is 23.2 Å². The summed E-state index contributed by atoms with van der Waals surface area (Å²) in [5, 5.41) is 8.82. The molecule has 0 radical (unpaired) electrons. The molecule has 5 atom stereocenters. The molecule has 0 spiro atoms. The topological polar surface area (TPSA) is 93.8 Å². The first-order chi connectivity index (χ1) is 18.7. The Labute approximate surface area is 253 Å². The van der Waals surface area contributed by atoms with Gasteiger partial charge in [0.15, 0.2) is 0 Å². The molecule has 230 valence electrons. The van der Waals surface area contributed by atoms with Gasteiger partial charge in [0.1, 0.15) is 12.1 Å². The molecule has 1 aromatic rings. The van der Waals surface area contributed by atoms with Crippen molar-refractivity contribution in [3.63, 3.8) is 0 Å². The van der Waals surface area contributed by atoms with Crippen molar-refractivity contribution in [2.24, 2.45) is 5.92 Å². The molecule has 8 nitrogen and oxygen atoms in total. The van der Waals surface area contributed by atoms with Crippen LogP contribution in [0.3, 0.4) is 0 Å². The van der Waals surface area contributed by atoms with Crippen LogP contribution in [0.25, 0.3) is 0 Å². The van der Waals surface area contributed by atoms with Crippen LogP contribution in [0.2, 0.25) is 0 Å². The van der Waals surface area contributed by atoms with Gasteiger partial charge in [-0.3, -0.25) is 19.3 Å². The smallest absolute Gasteiger partial charge is 0.275 e. The first-order valence-electron chi connectivity index (χ1n) is 14.5.